The molecule has 3 aromatic carbocycles. The fourth-order valence-electron chi connectivity index (χ4n) is 4.44. The van der Waals surface area contributed by atoms with E-state index in [1.165, 1.54) is 0 Å². The van der Waals surface area contributed by atoms with E-state index in [2.05, 4.69) is 10.6 Å². The van der Waals surface area contributed by atoms with Crippen LogP contribution in [0.15, 0.2) is 66.7 Å². The molecule has 0 bridgehead atoms. The van der Waals surface area contributed by atoms with Crippen molar-refractivity contribution in [2.75, 3.05) is 33.2 Å². The molecule has 0 spiro atoms. The average Bonchev–Trinajstić information content (AvgIpc) is 2.91. The molecule has 8 heteroatoms. The number of nitrogens with one attached hydrogen (secondary N) is 2. The number of carbonyl (C=O) groups excluding carboxylic acids is 2. The van der Waals surface area contributed by atoms with Crippen molar-refractivity contribution in [3.63, 3.8) is 0 Å². The van der Waals surface area contributed by atoms with Gasteiger partial charge in [-0.05, 0) is 54.3 Å². The maximum atomic E-state index is 13.5. The molecule has 2 atom stereocenters. The number of urea groups is 1. The molecule has 0 fully saturated rings. The van der Waals surface area contributed by atoms with Gasteiger partial charge in [-0.2, -0.15) is 0 Å². The van der Waals surface area contributed by atoms with Gasteiger partial charge in [-0.3, -0.25) is 4.79 Å². The fourth-order valence-corrected chi connectivity index (χ4v) is 4.44. The first-order valence-electron chi connectivity index (χ1n) is 11.8. The summed E-state index contributed by atoms with van der Waals surface area (Å²) in [7, 11) is 4.77. The molecule has 1 aliphatic rings. The number of hydrogen-bond acceptors (Lipinski definition) is 5. The molecule has 0 radical (unpaired) electrons. The van der Waals surface area contributed by atoms with Crippen LogP contribution in [0.2, 0.25) is 0 Å². The zero-order valence-corrected chi connectivity index (χ0v) is 20.9. The molecular weight excluding hydrogens is 458 g/mol. The Kier molecular flexibility index (Phi) is 7.63. The first-order valence-corrected chi connectivity index (χ1v) is 11.8. The average molecular weight is 490 g/mol. The van der Waals surface area contributed by atoms with Gasteiger partial charge in [0.25, 0.3) is 0 Å². The lowest BCUT2D eigenvalue weighted by atomic mass is 9.88. The fraction of sp³-hybridized carbons (Fsp3) is 0.286. The summed E-state index contributed by atoms with van der Waals surface area (Å²) in [6.07, 6.45) is 0.650. The Hall–Kier alpha value is -4.20. The van der Waals surface area contributed by atoms with Crippen molar-refractivity contribution in [1.29, 1.82) is 0 Å². The normalized spacial score (nSPS) is 15.3. The molecule has 8 nitrogen and oxygen atoms in total. The number of anilines is 1. The van der Waals surface area contributed by atoms with E-state index in [-0.39, 0.29) is 18.0 Å². The first-order chi connectivity index (χ1) is 17.4. The van der Waals surface area contributed by atoms with Gasteiger partial charge in [-0.15, -0.1) is 0 Å². The van der Waals surface area contributed by atoms with Gasteiger partial charge in [-0.1, -0.05) is 36.4 Å². The van der Waals surface area contributed by atoms with Crippen LogP contribution in [0.4, 0.5) is 10.5 Å². The lowest BCUT2D eigenvalue weighted by Crippen LogP contribution is -2.51. The summed E-state index contributed by atoms with van der Waals surface area (Å²) < 4.78 is 16.2. The number of ether oxygens (including phenoxy) is 3. The van der Waals surface area contributed by atoms with Gasteiger partial charge in [0.2, 0.25) is 5.91 Å². The van der Waals surface area contributed by atoms with E-state index in [4.69, 9.17) is 14.2 Å². The molecule has 188 valence electrons. The number of benzene rings is 3. The smallest absolute Gasteiger partial charge is 0.318 e. The van der Waals surface area contributed by atoms with Gasteiger partial charge in [0.05, 0.1) is 27.4 Å². The Morgan fingerprint density at radius 2 is 1.64 bits per heavy atom. The minimum atomic E-state index is -0.757. The number of nitrogens with zero attached hydrogens (tertiary/aromatic N) is 1. The summed E-state index contributed by atoms with van der Waals surface area (Å²) in [5.74, 6) is 1.57. The van der Waals surface area contributed by atoms with E-state index in [0.29, 0.717) is 35.9 Å². The van der Waals surface area contributed by atoms with Gasteiger partial charge >= 0.3 is 6.03 Å². The van der Waals surface area contributed by atoms with Crippen LogP contribution < -0.4 is 24.8 Å². The minimum absolute atomic E-state index is 0.322. The third-order valence-electron chi connectivity index (χ3n) is 6.32. The topological polar surface area (TPSA) is 89.1 Å². The van der Waals surface area contributed by atoms with Crippen molar-refractivity contribution in [1.82, 2.24) is 10.2 Å². The molecule has 36 heavy (non-hydrogen) atoms. The highest BCUT2D eigenvalue weighted by Crippen LogP contribution is 2.41. The zero-order valence-electron chi connectivity index (χ0n) is 20.9. The molecule has 0 saturated carbocycles. The summed E-state index contributed by atoms with van der Waals surface area (Å²) in [5, 5.41) is 5.70. The minimum Gasteiger partial charge on any atom is -0.497 e. The highest BCUT2D eigenvalue weighted by molar-refractivity contribution is 5.97. The van der Waals surface area contributed by atoms with Crippen molar-refractivity contribution >= 4 is 17.6 Å². The first kappa shape index (κ1) is 24.9. The van der Waals surface area contributed by atoms with E-state index >= 15 is 0 Å². The molecule has 4 rings (SSSR count). The van der Waals surface area contributed by atoms with Crippen LogP contribution in [0, 0.1) is 0 Å². The maximum Gasteiger partial charge on any atom is 0.318 e. The van der Waals surface area contributed by atoms with Crippen LogP contribution >= 0.6 is 0 Å². The number of amides is 3. The Bertz CT molecular complexity index is 1230. The van der Waals surface area contributed by atoms with E-state index in [0.717, 1.165) is 16.7 Å². The van der Waals surface area contributed by atoms with Crippen LogP contribution in [0.25, 0.3) is 0 Å². The van der Waals surface area contributed by atoms with E-state index in [1.54, 1.807) is 57.4 Å². The molecule has 3 aromatic rings. The Balaban J connectivity index is 1.57. The van der Waals surface area contributed by atoms with Gasteiger partial charge in [0, 0.05) is 18.3 Å². The van der Waals surface area contributed by atoms with Crippen LogP contribution in [0.3, 0.4) is 0 Å². The van der Waals surface area contributed by atoms with Gasteiger partial charge in [0.1, 0.15) is 11.8 Å². The number of rotatable bonds is 7. The second kappa shape index (κ2) is 11.0. The predicted octanol–water partition coefficient (Wildman–Crippen LogP) is 4.40. The van der Waals surface area contributed by atoms with Gasteiger partial charge in [-0.25, -0.2) is 4.79 Å². The van der Waals surface area contributed by atoms with Gasteiger partial charge < -0.3 is 29.7 Å². The summed E-state index contributed by atoms with van der Waals surface area (Å²) in [4.78, 5) is 28.1. The Morgan fingerprint density at radius 1 is 0.917 bits per heavy atom. The molecule has 1 heterocycles. The van der Waals surface area contributed by atoms with Gasteiger partial charge in [0.15, 0.2) is 11.5 Å². The van der Waals surface area contributed by atoms with Crippen molar-refractivity contribution in [2.24, 2.45) is 0 Å². The molecular formula is C28H31N3O5. The number of carbonyl (C=O) groups is 2. The summed E-state index contributed by atoms with van der Waals surface area (Å²) in [6, 6.07) is 19.4. The third-order valence-corrected chi connectivity index (χ3v) is 6.32. The quantitative estimate of drug-likeness (QED) is 0.514. The third kappa shape index (κ3) is 5.22. The SMILES string of the molecule is COc1cccc(NC(=O)[C@H](C)NC(=O)N2CCc3cc(OC)c(OC)cc3[C@@H]2c2ccccc2)c1. The second-order valence-electron chi connectivity index (χ2n) is 8.56. The summed E-state index contributed by atoms with van der Waals surface area (Å²) in [6.45, 7) is 2.15. The van der Waals surface area contributed by atoms with E-state index in [1.807, 2.05) is 42.5 Å². The zero-order chi connectivity index (χ0) is 25.7. The highest BCUT2D eigenvalue weighted by Gasteiger charge is 2.34. The van der Waals surface area contributed by atoms with E-state index < -0.39 is 6.04 Å². The number of fused-ring (bicyclic) bond motifs is 1. The molecule has 3 amide bonds. The highest BCUT2D eigenvalue weighted by atomic mass is 16.5. The van der Waals surface area contributed by atoms with Crippen LogP contribution in [-0.2, 0) is 11.2 Å². The van der Waals surface area contributed by atoms with Crippen molar-refractivity contribution in [3.05, 3.63) is 83.4 Å². The van der Waals surface area contributed by atoms with Crippen molar-refractivity contribution < 1.29 is 23.8 Å². The van der Waals surface area contributed by atoms with Crippen LogP contribution in [-0.4, -0.2) is 50.8 Å². The maximum absolute atomic E-state index is 13.5. The lowest BCUT2D eigenvalue weighted by molar-refractivity contribution is -0.117. The molecule has 0 aromatic heterocycles. The standard InChI is InChI=1S/C28H31N3O5/c1-18(27(32)30-21-11-8-12-22(16-21)34-2)29-28(33)31-14-13-20-15-24(35-3)25(36-4)17-23(20)26(31)19-9-6-5-7-10-19/h5-12,15-18,26H,13-14H2,1-4H3,(H,29,33)(H,30,32)/t18-,26-/m0/s1. The lowest BCUT2D eigenvalue weighted by Gasteiger charge is -2.38. The second-order valence-corrected chi connectivity index (χ2v) is 8.56. The number of hydrogen-bond donors (Lipinski definition) is 2. The summed E-state index contributed by atoms with van der Waals surface area (Å²) >= 11 is 0. The summed E-state index contributed by atoms with van der Waals surface area (Å²) in [5.41, 5.74) is 3.62. The van der Waals surface area contributed by atoms with Crippen molar-refractivity contribution in [3.8, 4) is 17.2 Å². The van der Waals surface area contributed by atoms with E-state index in [9.17, 15) is 9.59 Å². The van der Waals surface area contributed by atoms with Crippen molar-refractivity contribution in [2.45, 2.75) is 25.4 Å². The number of methoxy groups -OCH3 is 3. The Morgan fingerprint density at radius 3 is 2.33 bits per heavy atom. The molecule has 0 aliphatic carbocycles. The van der Waals surface area contributed by atoms with Crippen LogP contribution in [0.5, 0.6) is 17.2 Å². The van der Waals surface area contributed by atoms with Crippen LogP contribution in [0.1, 0.15) is 29.7 Å². The Labute approximate surface area is 211 Å². The largest absolute Gasteiger partial charge is 0.497 e. The molecule has 0 unspecified atom stereocenters. The molecule has 2 N–H and O–H groups in total. The molecule has 1 aliphatic heterocycles. The molecule has 0 saturated heterocycles. The predicted molar refractivity (Wildman–Crippen MR) is 138 cm³/mol. The monoisotopic (exact) mass is 489 g/mol.